The van der Waals surface area contributed by atoms with E-state index in [9.17, 15) is 0 Å². The van der Waals surface area contributed by atoms with Crippen LogP contribution in [0.25, 0.3) is 0 Å². The number of rotatable bonds is 4. The van der Waals surface area contributed by atoms with Gasteiger partial charge in [-0.1, -0.05) is 39.3 Å². The molecule has 0 aromatic carbocycles. The average Bonchev–Trinajstić information content (AvgIpc) is 2.19. The van der Waals surface area contributed by atoms with Crippen LogP contribution in [0.3, 0.4) is 0 Å². The maximum Gasteiger partial charge on any atom is 0.269 e. The second-order valence-corrected chi connectivity index (χ2v) is 28.3. The number of hydrogen-bond acceptors (Lipinski definition) is 3. The Morgan fingerprint density at radius 2 is 1.00 bits per heavy atom. The van der Waals surface area contributed by atoms with Gasteiger partial charge < -0.3 is 9.05 Å². The lowest BCUT2D eigenvalue weighted by Crippen LogP contribution is -2.57. The lowest BCUT2D eigenvalue weighted by atomic mass is 9.90. The molecule has 0 aromatic rings. The zero-order chi connectivity index (χ0) is 18.7. The van der Waals surface area contributed by atoms with Gasteiger partial charge in [-0.3, -0.25) is 8.41 Å². The van der Waals surface area contributed by atoms with E-state index < -0.39 is 32.4 Å². The Hall–Kier alpha value is 0.761. The molecule has 0 atom stereocenters. The second kappa shape index (κ2) is 5.89. The first kappa shape index (κ1) is 21.8. The summed E-state index contributed by atoms with van der Waals surface area (Å²) in [6, 6.07) is 0. The van der Waals surface area contributed by atoms with Crippen molar-refractivity contribution in [3.05, 3.63) is 0 Å². The zero-order valence-corrected chi connectivity index (χ0v) is 21.6. The Morgan fingerprint density at radius 3 is 1.22 bits per heavy atom. The van der Waals surface area contributed by atoms with Crippen molar-refractivity contribution in [2.75, 3.05) is 0 Å². The van der Waals surface area contributed by atoms with Gasteiger partial charge in [-0.2, -0.15) is 0 Å². The van der Waals surface area contributed by atoms with Crippen LogP contribution in [0.4, 0.5) is 0 Å². The van der Waals surface area contributed by atoms with Crippen molar-refractivity contribution < 1.29 is 9.05 Å². The van der Waals surface area contributed by atoms with Crippen LogP contribution < -0.4 is 0 Å². The molecule has 1 aliphatic rings. The molecule has 0 saturated carbocycles. The first-order chi connectivity index (χ1) is 9.74. The first-order valence-corrected chi connectivity index (χ1v) is 20.5. The highest BCUT2D eigenvalue weighted by Crippen LogP contribution is 2.71. The molecular formula is C15H39N2O2PSi3. The minimum Gasteiger partial charge on any atom is -0.304 e. The molecule has 4 nitrogen and oxygen atoms in total. The lowest BCUT2D eigenvalue weighted by molar-refractivity contribution is 0.00578. The highest BCUT2D eigenvalue weighted by atomic mass is 31.2. The Morgan fingerprint density at radius 1 is 0.696 bits per heavy atom. The normalized spacial score (nSPS) is 24.1. The molecule has 0 aliphatic carbocycles. The van der Waals surface area contributed by atoms with Crippen molar-refractivity contribution in [1.29, 1.82) is 0 Å². The molecule has 0 unspecified atom stereocenters. The molecule has 8 heteroatoms. The Kier molecular flexibility index (Phi) is 5.59. The monoisotopic (exact) mass is 394 g/mol. The van der Waals surface area contributed by atoms with E-state index in [0.29, 0.717) is 0 Å². The quantitative estimate of drug-likeness (QED) is 0.412. The molecular weight excluding hydrogens is 355 g/mol. The summed E-state index contributed by atoms with van der Waals surface area (Å²) in [5.41, 5.74) is -0.664. The van der Waals surface area contributed by atoms with Crippen LogP contribution >= 0.6 is 7.66 Å². The SMILES string of the molecule is CC1(C)OP(=N[Si](C)(C)C)(N([Si](C)(C)C)[Si](C)(C)C)OC1(C)C. The van der Waals surface area contributed by atoms with Crippen LogP contribution in [0, 0.1) is 0 Å². The third-order valence-corrected chi connectivity index (χ3v) is 21.1. The summed E-state index contributed by atoms with van der Waals surface area (Å²) in [5.74, 6) is 0. The van der Waals surface area contributed by atoms with Gasteiger partial charge in [0.2, 0.25) is 0 Å². The Balaban J connectivity index is 3.73. The van der Waals surface area contributed by atoms with E-state index in [1.807, 2.05) is 0 Å². The standard InChI is InChI=1S/C15H39N2O2PSi3/c1-14(2)15(3,4)19-20(18-14,16-21(5,6)7)17(22(8,9)10)23(11,12)13/h1-13H3. The Bertz CT molecular complexity index is 480. The third-order valence-electron chi connectivity index (χ3n) is 4.09. The van der Waals surface area contributed by atoms with Crippen molar-refractivity contribution >= 4 is 32.4 Å². The van der Waals surface area contributed by atoms with Gasteiger partial charge in [0.1, 0.15) is 27.7 Å². The summed E-state index contributed by atoms with van der Waals surface area (Å²) < 4.78 is 21.6. The van der Waals surface area contributed by atoms with Gasteiger partial charge in [-0.05, 0) is 47.3 Å². The van der Waals surface area contributed by atoms with Crippen molar-refractivity contribution in [3.8, 4) is 0 Å². The Labute approximate surface area is 147 Å². The summed E-state index contributed by atoms with van der Waals surface area (Å²) >= 11 is 0. The summed E-state index contributed by atoms with van der Waals surface area (Å²) in [4.78, 5) is 0. The molecule has 0 spiro atoms. The molecule has 0 N–H and O–H groups in total. The molecule has 1 fully saturated rings. The van der Waals surface area contributed by atoms with Crippen LogP contribution in [0.5, 0.6) is 0 Å². The van der Waals surface area contributed by atoms with Crippen LogP contribution in [-0.4, -0.2) is 39.9 Å². The highest BCUT2D eigenvalue weighted by molar-refractivity contribution is 7.60. The topological polar surface area (TPSA) is 34.1 Å². The van der Waals surface area contributed by atoms with Gasteiger partial charge in [-0.25, -0.2) is 0 Å². The fraction of sp³-hybridized carbons (Fsp3) is 1.00. The van der Waals surface area contributed by atoms with E-state index >= 15 is 0 Å². The summed E-state index contributed by atoms with van der Waals surface area (Å²) in [7, 11) is -7.46. The van der Waals surface area contributed by atoms with Crippen molar-refractivity contribution in [2.24, 2.45) is 4.41 Å². The molecule has 1 saturated heterocycles. The maximum absolute atomic E-state index is 6.80. The summed E-state index contributed by atoms with van der Waals surface area (Å²) in [5, 5.41) is 0. The molecule has 0 amide bonds. The van der Waals surface area contributed by atoms with Gasteiger partial charge in [0.25, 0.3) is 7.66 Å². The van der Waals surface area contributed by atoms with Gasteiger partial charge >= 0.3 is 0 Å². The van der Waals surface area contributed by atoms with Gasteiger partial charge in [0.15, 0.2) is 8.24 Å². The third kappa shape index (κ3) is 4.68. The zero-order valence-electron chi connectivity index (χ0n) is 17.7. The molecule has 0 aromatic heterocycles. The van der Waals surface area contributed by atoms with Crippen molar-refractivity contribution in [3.63, 3.8) is 0 Å². The van der Waals surface area contributed by atoms with Crippen LogP contribution in [-0.2, 0) is 9.05 Å². The predicted molar refractivity (Wildman–Crippen MR) is 112 cm³/mol. The van der Waals surface area contributed by atoms with Crippen LogP contribution in [0.2, 0.25) is 58.9 Å². The van der Waals surface area contributed by atoms with E-state index in [1.165, 1.54) is 0 Å². The summed E-state index contributed by atoms with van der Waals surface area (Å²) in [6.45, 7) is 29.9. The largest absolute Gasteiger partial charge is 0.304 e. The average molecular weight is 395 g/mol. The fourth-order valence-electron chi connectivity index (χ4n) is 3.14. The number of hydrogen-bond donors (Lipinski definition) is 0. The smallest absolute Gasteiger partial charge is 0.269 e. The lowest BCUT2D eigenvalue weighted by Gasteiger charge is -2.48. The molecule has 1 heterocycles. The van der Waals surface area contributed by atoms with E-state index in [1.54, 1.807) is 0 Å². The molecule has 1 aliphatic heterocycles. The molecule has 23 heavy (non-hydrogen) atoms. The summed E-state index contributed by atoms with van der Waals surface area (Å²) in [6.07, 6.45) is 0. The van der Waals surface area contributed by atoms with Crippen molar-refractivity contribution in [2.45, 2.75) is 97.8 Å². The van der Waals surface area contributed by atoms with E-state index in [-0.39, 0.29) is 11.2 Å². The molecule has 0 radical (unpaired) electrons. The van der Waals surface area contributed by atoms with Crippen LogP contribution in [0.15, 0.2) is 4.41 Å². The van der Waals surface area contributed by atoms with E-state index in [2.05, 4.69) is 90.6 Å². The van der Waals surface area contributed by atoms with Crippen molar-refractivity contribution in [1.82, 2.24) is 4.00 Å². The molecule has 1 rings (SSSR count). The van der Waals surface area contributed by atoms with E-state index in [4.69, 9.17) is 13.5 Å². The van der Waals surface area contributed by atoms with E-state index in [0.717, 1.165) is 0 Å². The highest BCUT2D eigenvalue weighted by Gasteiger charge is 2.60. The van der Waals surface area contributed by atoms with Gasteiger partial charge in [0.05, 0.1) is 0 Å². The molecule has 0 bridgehead atoms. The van der Waals surface area contributed by atoms with Gasteiger partial charge in [0, 0.05) is 0 Å². The van der Waals surface area contributed by atoms with Gasteiger partial charge in [-0.15, -0.1) is 0 Å². The first-order valence-electron chi connectivity index (χ1n) is 8.59. The number of nitrogens with zero attached hydrogens (tertiary/aromatic N) is 2. The minimum absolute atomic E-state index is 0.332. The second-order valence-electron chi connectivity index (χ2n) is 10.6. The fourth-order valence-corrected chi connectivity index (χ4v) is 24.1. The predicted octanol–water partition coefficient (Wildman–Crippen LogP) is 6.34. The molecule has 138 valence electrons. The minimum atomic E-state index is -2.42. The van der Waals surface area contributed by atoms with Crippen LogP contribution in [0.1, 0.15) is 27.7 Å². The maximum atomic E-state index is 6.80.